The number of nitrogens with one attached hydrogen (secondary N) is 1. The van der Waals surface area contributed by atoms with E-state index in [0.717, 1.165) is 11.8 Å². The number of ether oxygens (including phenoxy) is 1. The highest BCUT2D eigenvalue weighted by molar-refractivity contribution is 7.98. The molecule has 32 heavy (non-hydrogen) atoms. The molecule has 0 saturated heterocycles. The Morgan fingerprint density at radius 3 is 2.41 bits per heavy atom. The molecule has 12 heteroatoms. The summed E-state index contributed by atoms with van der Waals surface area (Å²) in [6, 6.07) is 3.62. The van der Waals surface area contributed by atoms with Crippen LogP contribution in [0.15, 0.2) is 23.4 Å². The number of carbonyl (C=O) groups excluding carboxylic acids is 1. The van der Waals surface area contributed by atoms with Crippen LogP contribution in [0.2, 0.25) is 0 Å². The predicted octanol–water partition coefficient (Wildman–Crippen LogP) is 3.43. The molecule has 0 bridgehead atoms. The van der Waals surface area contributed by atoms with Crippen molar-refractivity contribution in [1.29, 1.82) is 0 Å². The number of aryl methyl sites for hydroxylation is 1. The van der Waals surface area contributed by atoms with Gasteiger partial charge in [0.1, 0.15) is 11.8 Å². The van der Waals surface area contributed by atoms with Gasteiger partial charge in [0.2, 0.25) is 5.82 Å². The van der Waals surface area contributed by atoms with Gasteiger partial charge in [-0.25, -0.2) is 4.79 Å². The normalized spacial score (nSPS) is 11.7. The molecule has 0 aliphatic heterocycles. The zero-order chi connectivity index (χ0) is 24.2. The minimum Gasteiger partial charge on any atom is -0.480 e. The Hall–Kier alpha value is -3.41. The lowest BCUT2D eigenvalue weighted by Crippen LogP contribution is -2.35. The Kier molecular flexibility index (Phi) is 7.97. The molecule has 0 aliphatic rings. The van der Waals surface area contributed by atoms with E-state index in [9.17, 15) is 24.8 Å². The molecule has 1 aromatic heterocycles. The Morgan fingerprint density at radius 1 is 1.25 bits per heavy atom. The number of hydrogen-bond acceptors (Lipinski definition) is 9. The van der Waals surface area contributed by atoms with Gasteiger partial charge in [-0.3, -0.25) is 14.9 Å². The monoisotopic (exact) mass is 463 g/mol. The quantitative estimate of drug-likeness (QED) is 0.245. The lowest BCUT2D eigenvalue weighted by molar-refractivity contribution is -0.385. The second kappa shape index (κ2) is 10.3. The van der Waals surface area contributed by atoms with Crippen molar-refractivity contribution in [3.8, 4) is 11.6 Å². The first kappa shape index (κ1) is 24.9. The van der Waals surface area contributed by atoms with Gasteiger partial charge in [0.05, 0.1) is 4.92 Å². The van der Waals surface area contributed by atoms with Crippen LogP contribution in [0.1, 0.15) is 29.8 Å². The minimum absolute atomic E-state index is 0.151. The van der Waals surface area contributed by atoms with E-state index in [0.29, 0.717) is 11.1 Å². The second-order valence-corrected chi connectivity index (χ2v) is 8.28. The SMILES string of the molecule is CSc1nc(NC(C(=O)O)C(C)C)c([N+](=O)[O-])c(Oc2cc(C)cc(C(=O)N(C)C)c2)n1. The summed E-state index contributed by atoms with van der Waals surface area (Å²) in [5.41, 5.74) is 0.450. The predicted molar refractivity (Wildman–Crippen MR) is 120 cm³/mol. The van der Waals surface area contributed by atoms with Crippen LogP contribution in [0.3, 0.4) is 0 Å². The number of rotatable bonds is 9. The van der Waals surface area contributed by atoms with Crippen LogP contribution in [-0.2, 0) is 4.79 Å². The second-order valence-electron chi connectivity index (χ2n) is 7.51. The number of aromatic nitrogens is 2. The van der Waals surface area contributed by atoms with E-state index in [-0.39, 0.29) is 34.4 Å². The molecule has 0 spiro atoms. The minimum atomic E-state index is -1.17. The van der Waals surface area contributed by atoms with Crippen molar-refractivity contribution in [3.05, 3.63) is 39.4 Å². The highest BCUT2D eigenvalue weighted by Gasteiger charge is 2.31. The van der Waals surface area contributed by atoms with Crippen molar-refractivity contribution in [2.75, 3.05) is 25.7 Å². The number of carboxylic acid groups (broad SMARTS) is 1. The fraction of sp³-hybridized carbons (Fsp3) is 0.400. The Morgan fingerprint density at radius 2 is 1.91 bits per heavy atom. The van der Waals surface area contributed by atoms with Crippen molar-refractivity contribution in [3.63, 3.8) is 0 Å². The van der Waals surface area contributed by atoms with E-state index in [1.54, 1.807) is 53.3 Å². The Bertz CT molecular complexity index is 1040. The van der Waals surface area contributed by atoms with E-state index in [1.165, 1.54) is 11.0 Å². The van der Waals surface area contributed by atoms with Crippen LogP contribution < -0.4 is 10.1 Å². The number of carbonyl (C=O) groups is 2. The average molecular weight is 464 g/mol. The number of amides is 1. The maximum atomic E-state index is 12.3. The first-order chi connectivity index (χ1) is 14.9. The molecule has 2 rings (SSSR count). The summed E-state index contributed by atoms with van der Waals surface area (Å²) in [6.45, 7) is 5.09. The lowest BCUT2D eigenvalue weighted by Gasteiger charge is -2.19. The summed E-state index contributed by atoms with van der Waals surface area (Å²) < 4.78 is 5.74. The van der Waals surface area contributed by atoms with Gasteiger partial charge in [-0.15, -0.1) is 0 Å². The largest absolute Gasteiger partial charge is 0.480 e. The molecule has 1 atom stereocenters. The zero-order valence-corrected chi connectivity index (χ0v) is 19.4. The topological polar surface area (TPSA) is 148 Å². The summed E-state index contributed by atoms with van der Waals surface area (Å²) in [5.74, 6) is -2.26. The molecule has 1 unspecified atom stereocenters. The van der Waals surface area contributed by atoms with E-state index in [4.69, 9.17) is 4.74 Å². The van der Waals surface area contributed by atoms with E-state index >= 15 is 0 Å². The number of nitro groups is 1. The zero-order valence-electron chi connectivity index (χ0n) is 18.6. The smallest absolute Gasteiger partial charge is 0.373 e. The maximum absolute atomic E-state index is 12.3. The summed E-state index contributed by atoms with van der Waals surface area (Å²) in [7, 11) is 3.22. The van der Waals surface area contributed by atoms with Gasteiger partial charge in [-0.2, -0.15) is 9.97 Å². The lowest BCUT2D eigenvalue weighted by atomic mass is 10.0. The average Bonchev–Trinajstić information content (AvgIpc) is 2.69. The molecule has 0 aliphatic carbocycles. The molecule has 2 N–H and O–H groups in total. The summed E-state index contributed by atoms with van der Waals surface area (Å²) >= 11 is 1.11. The fourth-order valence-electron chi connectivity index (χ4n) is 2.80. The van der Waals surface area contributed by atoms with Crippen molar-refractivity contribution in [1.82, 2.24) is 14.9 Å². The first-order valence-electron chi connectivity index (χ1n) is 9.55. The molecule has 0 saturated carbocycles. The molecular formula is C20H25N5O6S. The third kappa shape index (κ3) is 5.84. The molecule has 2 aromatic rings. The molecule has 1 amide bonds. The van der Waals surface area contributed by atoms with Crippen LogP contribution in [0.25, 0.3) is 0 Å². The van der Waals surface area contributed by atoms with E-state index in [2.05, 4.69) is 15.3 Å². The molecule has 0 radical (unpaired) electrons. The number of benzene rings is 1. The standard InChI is InChI=1S/C20H25N5O6S/c1-10(2)14(19(27)28)21-16-15(25(29)30)17(23-20(22-16)32-6)31-13-8-11(3)7-12(9-13)18(26)24(4)5/h7-10,14H,1-6H3,(H,27,28)(H,21,22,23). The molecule has 1 heterocycles. The van der Waals surface area contributed by atoms with Crippen LogP contribution >= 0.6 is 11.8 Å². The third-order valence-corrected chi connectivity index (χ3v) is 4.89. The number of aliphatic carboxylic acids is 1. The van der Waals surface area contributed by atoms with Gasteiger partial charge in [0.15, 0.2) is 5.16 Å². The van der Waals surface area contributed by atoms with Gasteiger partial charge in [-0.05, 0) is 42.9 Å². The van der Waals surface area contributed by atoms with Gasteiger partial charge in [0, 0.05) is 19.7 Å². The number of anilines is 1. The summed E-state index contributed by atoms with van der Waals surface area (Å²) in [4.78, 5) is 44.7. The van der Waals surface area contributed by atoms with Crippen molar-refractivity contribution in [2.24, 2.45) is 5.92 Å². The molecule has 1 aromatic carbocycles. The summed E-state index contributed by atoms with van der Waals surface area (Å²) in [6.07, 6.45) is 1.67. The van der Waals surface area contributed by atoms with Gasteiger partial charge in [-0.1, -0.05) is 25.6 Å². The highest BCUT2D eigenvalue weighted by Crippen LogP contribution is 2.37. The van der Waals surface area contributed by atoms with Crippen LogP contribution in [0.5, 0.6) is 11.6 Å². The van der Waals surface area contributed by atoms with Gasteiger partial charge in [0.25, 0.3) is 5.91 Å². The maximum Gasteiger partial charge on any atom is 0.373 e. The molecule has 11 nitrogen and oxygen atoms in total. The van der Waals surface area contributed by atoms with Crippen molar-refractivity contribution >= 4 is 35.1 Å². The fourth-order valence-corrected chi connectivity index (χ4v) is 3.16. The number of carboxylic acids is 1. The highest BCUT2D eigenvalue weighted by atomic mass is 32.2. The van der Waals surface area contributed by atoms with Crippen LogP contribution in [0.4, 0.5) is 11.5 Å². The number of hydrogen-bond donors (Lipinski definition) is 2. The van der Waals surface area contributed by atoms with Crippen LogP contribution in [-0.4, -0.2) is 63.2 Å². The summed E-state index contributed by atoms with van der Waals surface area (Å²) in [5, 5.41) is 24.1. The number of thioether (sulfide) groups is 1. The first-order valence-corrected chi connectivity index (χ1v) is 10.8. The molecule has 172 valence electrons. The van der Waals surface area contributed by atoms with E-state index < -0.39 is 22.6 Å². The third-order valence-electron chi connectivity index (χ3n) is 4.34. The molecule has 0 fully saturated rings. The Labute approximate surface area is 189 Å². The van der Waals surface area contributed by atoms with Gasteiger partial charge >= 0.3 is 17.5 Å². The van der Waals surface area contributed by atoms with Gasteiger partial charge < -0.3 is 20.1 Å². The van der Waals surface area contributed by atoms with Crippen LogP contribution in [0, 0.1) is 23.0 Å². The van der Waals surface area contributed by atoms with Crippen molar-refractivity contribution in [2.45, 2.75) is 32.0 Å². The number of nitrogens with zero attached hydrogens (tertiary/aromatic N) is 4. The van der Waals surface area contributed by atoms with E-state index in [1.807, 2.05) is 0 Å². The van der Waals surface area contributed by atoms with Crippen molar-refractivity contribution < 1.29 is 24.4 Å². The molecular weight excluding hydrogens is 438 g/mol. The Balaban J connectivity index is 2.60.